The number of aliphatic hydroxyl groups excluding tert-OH is 1. The van der Waals surface area contributed by atoms with Gasteiger partial charge in [-0.05, 0) is 11.8 Å². The number of rotatable bonds is 4. The average molecular weight is 244 g/mol. The Bertz CT molecular complexity index is 377. The molecule has 0 fully saturated rings. The van der Waals surface area contributed by atoms with Crippen LogP contribution in [0.2, 0.25) is 0 Å². The molecule has 1 aromatic heterocycles. The van der Waals surface area contributed by atoms with Gasteiger partial charge in [-0.1, -0.05) is 20.8 Å². The fourth-order valence-corrected chi connectivity index (χ4v) is 1.54. The van der Waals surface area contributed by atoms with E-state index in [9.17, 15) is 13.9 Å². The van der Waals surface area contributed by atoms with Gasteiger partial charge in [0, 0.05) is 12.6 Å². The molecule has 0 bridgehead atoms. The smallest absolute Gasteiger partial charge is 0.168 e. The molecule has 1 heterocycles. The van der Waals surface area contributed by atoms with Crippen molar-refractivity contribution in [2.75, 3.05) is 11.9 Å². The zero-order valence-corrected chi connectivity index (χ0v) is 10.3. The number of hydrogen-bond acceptors (Lipinski definition) is 3. The molecule has 2 N–H and O–H groups in total. The fourth-order valence-electron chi connectivity index (χ4n) is 1.54. The molecular formula is C12H18F2N2O. The van der Waals surface area contributed by atoms with Crippen LogP contribution in [-0.4, -0.2) is 22.7 Å². The molecule has 17 heavy (non-hydrogen) atoms. The van der Waals surface area contributed by atoms with Gasteiger partial charge in [-0.3, -0.25) is 0 Å². The molecule has 1 unspecified atom stereocenters. The highest BCUT2D eigenvalue weighted by atomic mass is 19.1. The van der Waals surface area contributed by atoms with Gasteiger partial charge in [0.05, 0.1) is 12.3 Å². The maximum atomic E-state index is 13.2. The second kappa shape index (κ2) is 5.40. The highest BCUT2D eigenvalue weighted by molar-refractivity contribution is 5.35. The topological polar surface area (TPSA) is 45.1 Å². The highest BCUT2D eigenvalue weighted by Crippen LogP contribution is 2.21. The molecule has 0 spiro atoms. The number of aromatic nitrogens is 1. The lowest BCUT2D eigenvalue weighted by molar-refractivity contribution is 0.132. The maximum absolute atomic E-state index is 13.2. The summed E-state index contributed by atoms with van der Waals surface area (Å²) in [6.07, 6.45) is 0.922. The monoisotopic (exact) mass is 244 g/mol. The van der Waals surface area contributed by atoms with Gasteiger partial charge in [0.1, 0.15) is 5.82 Å². The first-order valence-corrected chi connectivity index (χ1v) is 5.51. The van der Waals surface area contributed by atoms with Crippen LogP contribution in [0.3, 0.4) is 0 Å². The summed E-state index contributed by atoms with van der Waals surface area (Å²) in [7, 11) is 0. The van der Waals surface area contributed by atoms with Crippen LogP contribution in [-0.2, 0) is 0 Å². The number of aliphatic hydroxyl groups is 1. The first-order chi connectivity index (χ1) is 7.78. The predicted molar refractivity (Wildman–Crippen MR) is 62.7 cm³/mol. The van der Waals surface area contributed by atoms with Crippen LogP contribution in [0.5, 0.6) is 0 Å². The van der Waals surface area contributed by atoms with Crippen molar-refractivity contribution >= 4 is 5.82 Å². The Kier molecular flexibility index (Phi) is 4.40. The Morgan fingerprint density at radius 2 is 2.06 bits per heavy atom. The maximum Gasteiger partial charge on any atom is 0.168 e. The molecular weight excluding hydrogens is 226 g/mol. The number of pyridine rings is 1. The molecule has 0 aliphatic carbocycles. The predicted octanol–water partition coefficient (Wildman–Crippen LogP) is 2.57. The Hall–Kier alpha value is -1.23. The largest absolute Gasteiger partial charge is 0.391 e. The molecule has 1 aromatic rings. The van der Waals surface area contributed by atoms with E-state index in [0.29, 0.717) is 6.42 Å². The van der Waals surface area contributed by atoms with Crippen LogP contribution in [0.1, 0.15) is 27.2 Å². The van der Waals surface area contributed by atoms with E-state index in [4.69, 9.17) is 0 Å². The normalized spacial score (nSPS) is 13.5. The summed E-state index contributed by atoms with van der Waals surface area (Å²) in [6.45, 7) is 6.21. The van der Waals surface area contributed by atoms with Crippen LogP contribution in [0.4, 0.5) is 14.6 Å². The summed E-state index contributed by atoms with van der Waals surface area (Å²) in [5.41, 5.74) is -0.00410. The van der Waals surface area contributed by atoms with Gasteiger partial charge in [0.15, 0.2) is 11.6 Å². The number of halogens is 2. The second-order valence-electron chi connectivity index (χ2n) is 5.28. The standard InChI is InChI=1S/C12H18F2N2O/c1-12(2,3)5-9(17)7-16-11-10(14)4-8(13)6-15-11/h4,6,9,17H,5,7H2,1-3H3,(H,15,16). The van der Waals surface area contributed by atoms with Crippen LogP contribution >= 0.6 is 0 Å². The molecule has 0 aliphatic heterocycles. The van der Waals surface area contributed by atoms with Crippen LogP contribution in [0, 0.1) is 17.0 Å². The molecule has 5 heteroatoms. The third-order valence-electron chi connectivity index (χ3n) is 2.16. The van der Waals surface area contributed by atoms with Crippen LogP contribution in [0.15, 0.2) is 12.3 Å². The summed E-state index contributed by atoms with van der Waals surface area (Å²) in [5.74, 6) is -1.52. The molecule has 0 saturated heterocycles. The molecule has 96 valence electrons. The summed E-state index contributed by atoms with van der Waals surface area (Å²) >= 11 is 0. The SMILES string of the molecule is CC(C)(C)CC(O)CNc1ncc(F)cc1F. The first kappa shape index (κ1) is 13.8. The van der Waals surface area contributed by atoms with E-state index in [-0.39, 0.29) is 17.8 Å². The first-order valence-electron chi connectivity index (χ1n) is 5.51. The van der Waals surface area contributed by atoms with Crippen molar-refractivity contribution in [3.05, 3.63) is 23.9 Å². The molecule has 0 aromatic carbocycles. The number of nitrogens with zero attached hydrogens (tertiary/aromatic N) is 1. The summed E-state index contributed by atoms with van der Waals surface area (Å²) in [5, 5.41) is 12.4. The third-order valence-corrected chi connectivity index (χ3v) is 2.16. The van der Waals surface area contributed by atoms with Crippen molar-refractivity contribution in [1.29, 1.82) is 0 Å². The van der Waals surface area contributed by atoms with E-state index in [0.717, 1.165) is 12.3 Å². The van der Waals surface area contributed by atoms with Gasteiger partial charge in [-0.25, -0.2) is 13.8 Å². The Morgan fingerprint density at radius 1 is 1.41 bits per heavy atom. The van der Waals surface area contributed by atoms with E-state index in [1.165, 1.54) is 0 Å². The fraction of sp³-hybridized carbons (Fsp3) is 0.583. The van der Waals surface area contributed by atoms with Crippen molar-refractivity contribution in [3.63, 3.8) is 0 Å². The molecule has 0 amide bonds. The van der Waals surface area contributed by atoms with E-state index >= 15 is 0 Å². The lowest BCUT2D eigenvalue weighted by Crippen LogP contribution is -2.25. The average Bonchev–Trinajstić information content (AvgIpc) is 2.13. The number of nitrogens with one attached hydrogen (secondary N) is 1. The van der Waals surface area contributed by atoms with Crippen LogP contribution < -0.4 is 5.32 Å². The second-order valence-corrected chi connectivity index (χ2v) is 5.28. The zero-order valence-electron chi connectivity index (χ0n) is 10.3. The molecule has 0 saturated carbocycles. The summed E-state index contributed by atoms with van der Waals surface area (Å²) in [4.78, 5) is 3.57. The summed E-state index contributed by atoms with van der Waals surface area (Å²) in [6, 6.07) is 0.755. The number of anilines is 1. The minimum atomic E-state index is -0.757. The van der Waals surface area contributed by atoms with Crippen molar-refractivity contribution in [1.82, 2.24) is 4.98 Å². The number of hydrogen-bond donors (Lipinski definition) is 2. The Balaban J connectivity index is 2.50. The van der Waals surface area contributed by atoms with E-state index in [1.807, 2.05) is 20.8 Å². The highest BCUT2D eigenvalue weighted by Gasteiger charge is 2.17. The van der Waals surface area contributed by atoms with E-state index in [2.05, 4.69) is 10.3 Å². The van der Waals surface area contributed by atoms with E-state index in [1.54, 1.807) is 0 Å². The third kappa shape index (κ3) is 5.08. The van der Waals surface area contributed by atoms with Crippen LogP contribution in [0.25, 0.3) is 0 Å². The minimum absolute atomic E-state index is 0.00410. The summed E-state index contributed by atoms with van der Waals surface area (Å²) < 4.78 is 25.8. The van der Waals surface area contributed by atoms with Crippen molar-refractivity contribution < 1.29 is 13.9 Å². The zero-order chi connectivity index (χ0) is 13.1. The van der Waals surface area contributed by atoms with E-state index < -0.39 is 17.7 Å². The Morgan fingerprint density at radius 3 is 2.59 bits per heavy atom. The minimum Gasteiger partial charge on any atom is -0.391 e. The van der Waals surface area contributed by atoms with Gasteiger partial charge in [0.25, 0.3) is 0 Å². The quantitative estimate of drug-likeness (QED) is 0.855. The van der Waals surface area contributed by atoms with Gasteiger partial charge >= 0.3 is 0 Å². The Labute approximate surface area is 99.9 Å². The van der Waals surface area contributed by atoms with Gasteiger partial charge in [-0.2, -0.15) is 0 Å². The van der Waals surface area contributed by atoms with Crippen molar-refractivity contribution in [2.45, 2.75) is 33.3 Å². The van der Waals surface area contributed by atoms with Gasteiger partial charge in [0.2, 0.25) is 0 Å². The molecule has 1 rings (SSSR count). The van der Waals surface area contributed by atoms with Crippen molar-refractivity contribution in [3.8, 4) is 0 Å². The van der Waals surface area contributed by atoms with Gasteiger partial charge in [-0.15, -0.1) is 0 Å². The molecule has 1 atom stereocenters. The lowest BCUT2D eigenvalue weighted by atomic mass is 9.89. The molecule has 3 nitrogen and oxygen atoms in total. The lowest BCUT2D eigenvalue weighted by Gasteiger charge is -2.22. The molecule has 0 aliphatic rings. The molecule has 0 radical (unpaired) electrons. The van der Waals surface area contributed by atoms with Gasteiger partial charge < -0.3 is 10.4 Å². The van der Waals surface area contributed by atoms with Crippen molar-refractivity contribution in [2.24, 2.45) is 5.41 Å².